The van der Waals surface area contributed by atoms with Gasteiger partial charge in [0, 0.05) is 17.8 Å². The van der Waals surface area contributed by atoms with E-state index < -0.39 is 6.61 Å². The Morgan fingerprint density at radius 3 is 2.50 bits per heavy atom. The van der Waals surface area contributed by atoms with Crippen molar-refractivity contribution in [3.05, 3.63) is 53.6 Å². The zero-order chi connectivity index (χ0) is 18.2. The van der Waals surface area contributed by atoms with Crippen LogP contribution in [0.4, 0.5) is 14.5 Å². The quantitative estimate of drug-likeness (QED) is 0.680. The van der Waals surface area contributed by atoms with Crippen molar-refractivity contribution in [2.24, 2.45) is 0 Å². The molecule has 0 fully saturated rings. The standard InChI is InChI=1S/C18H20F2N2O3.ClH/c1-2-24-15-5-3-4-13(17(15)25-18(19)20)11-22-16(23)10-12-6-8-14(21)9-7-12;/h3-9,18H,2,10-11,21H2,1H3,(H,22,23);1H. The van der Waals surface area contributed by atoms with Gasteiger partial charge in [-0.15, -0.1) is 12.4 Å². The third-order valence-corrected chi connectivity index (χ3v) is 3.39. The molecule has 0 aromatic heterocycles. The molecule has 0 aliphatic rings. The van der Waals surface area contributed by atoms with Crippen LogP contribution in [0.2, 0.25) is 0 Å². The van der Waals surface area contributed by atoms with E-state index in [0.29, 0.717) is 17.9 Å². The molecule has 3 N–H and O–H groups in total. The lowest BCUT2D eigenvalue weighted by molar-refractivity contribution is -0.120. The first-order chi connectivity index (χ1) is 12.0. The highest BCUT2D eigenvalue weighted by Gasteiger charge is 2.16. The Morgan fingerprint density at radius 2 is 1.88 bits per heavy atom. The number of benzene rings is 2. The molecular formula is C18H21ClF2N2O3. The summed E-state index contributed by atoms with van der Waals surface area (Å²) in [6.45, 7) is -0.873. The third-order valence-electron chi connectivity index (χ3n) is 3.39. The van der Waals surface area contributed by atoms with Crippen molar-refractivity contribution in [3.8, 4) is 11.5 Å². The molecule has 1 amide bonds. The Balaban J connectivity index is 0.00000338. The molecular weight excluding hydrogens is 366 g/mol. The molecule has 2 aromatic carbocycles. The van der Waals surface area contributed by atoms with E-state index in [4.69, 9.17) is 10.5 Å². The maximum absolute atomic E-state index is 12.7. The van der Waals surface area contributed by atoms with Gasteiger partial charge < -0.3 is 20.5 Å². The van der Waals surface area contributed by atoms with Gasteiger partial charge in [-0.2, -0.15) is 8.78 Å². The molecule has 0 saturated heterocycles. The molecule has 2 rings (SSSR count). The Kier molecular flexibility index (Phi) is 8.64. The number of anilines is 1. The number of para-hydroxylation sites is 1. The molecule has 142 valence electrons. The lowest BCUT2D eigenvalue weighted by atomic mass is 10.1. The molecule has 0 bridgehead atoms. The number of carbonyl (C=O) groups is 1. The van der Waals surface area contributed by atoms with E-state index in [-0.39, 0.29) is 42.8 Å². The van der Waals surface area contributed by atoms with Crippen LogP contribution in [0.5, 0.6) is 11.5 Å². The van der Waals surface area contributed by atoms with E-state index in [2.05, 4.69) is 10.1 Å². The van der Waals surface area contributed by atoms with Crippen molar-refractivity contribution in [1.29, 1.82) is 0 Å². The number of carbonyl (C=O) groups excluding carboxylic acids is 1. The zero-order valence-electron chi connectivity index (χ0n) is 14.2. The van der Waals surface area contributed by atoms with Gasteiger partial charge in [0.1, 0.15) is 0 Å². The summed E-state index contributed by atoms with van der Waals surface area (Å²) in [6, 6.07) is 11.7. The fourth-order valence-corrected chi connectivity index (χ4v) is 2.27. The van der Waals surface area contributed by atoms with Gasteiger partial charge in [-0.3, -0.25) is 4.79 Å². The average molecular weight is 387 g/mol. The number of alkyl halides is 2. The molecule has 0 aliphatic heterocycles. The van der Waals surface area contributed by atoms with Crippen molar-refractivity contribution in [1.82, 2.24) is 5.32 Å². The first kappa shape index (κ1) is 21.5. The minimum atomic E-state index is -2.98. The smallest absolute Gasteiger partial charge is 0.387 e. The van der Waals surface area contributed by atoms with Gasteiger partial charge in [0.25, 0.3) is 0 Å². The first-order valence-electron chi connectivity index (χ1n) is 7.80. The first-order valence-corrected chi connectivity index (χ1v) is 7.80. The predicted octanol–water partition coefficient (Wildman–Crippen LogP) is 3.55. The molecule has 0 radical (unpaired) electrons. The van der Waals surface area contributed by atoms with Crippen LogP contribution in [-0.2, 0) is 17.8 Å². The van der Waals surface area contributed by atoms with Crippen LogP contribution in [0.15, 0.2) is 42.5 Å². The van der Waals surface area contributed by atoms with E-state index in [9.17, 15) is 13.6 Å². The molecule has 0 heterocycles. The monoisotopic (exact) mass is 386 g/mol. The largest absolute Gasteiger partial charge is 0.490 e. The minimum Gasteiger partial charge on any atom is -0.490 e. The molecule has 0 unspecified atom stereocenters. The Morgan fingerprint density at radius 1 is 1.19 bits per heavy atom. The summed E-state index contributed by atoms with van der Waals surface area (Å²) in [5, 5.41) is 2.69. The highest BCUT2D eigenvalue weighted by molar-refractivity contribution is 5.85. The Bertz CT molecular complexity index is 712. The molecule has 0 spiro atoms. The lowest BCUT2D eigenvalue weighted by Crippen LogP contribution is -2.25. The van der Waals surface area contributed by atoms with Crippen LogP contribution in [0.1, 0.15) is 18.1 Å². The number of hydrogen-bond acceptors (Lipinski definition) is 4. The molecule has 0 atom stereocenters. The number of amides is 1. The topological polar surface area (TPSA) is 73.6 Å². The summed E-state index contributed by atoms with van der Waals surface area (Å²) < 4.78 is 35.2. The molecule has 0 aliphatic carbocycles. The van der Waals surface area contributed by atoms with Gasteiger partial charge in [0.15, 0.2) is 11.5 Å². The van der Waals surface area contributed by atoms with E-state index in [0.717, 1.165) is 5.56 Å². The highest BCUT2D eigenvalue weighted by Crippen LogP contribution is 2.32. The summed E-state index contributed by atoms with van der Waals surface area (Å²) in [4.78, 5) is 12.1. The van der Waals surface area contributed by atoms with Crippen molar-refractivity contribution in [3.63, 3.8) is 0 Å². The van der Waals surface area contributed by atoms with Gasteiger partial charge in [0.2, 0.25) is 5.91 Å². The maximum Gasteiger partial charge on any atom is 0.387 e. The van der Waals surface area contributed by atoms with Crippen LogP contribution in [-0.4, -0.2) is 19.1 Å². The Labute approximate surface area is 156 Å². The van der Waals surface area contributed by atoms with Crippen LogP contribution >= 0.6 is 12.4 Å². The summed E-state index contributed by atoms with van der Waals surface area (Å²) in [5.41, 5.74) is 7.43. The SMILES string of the molecule is CCOc1cccc(CNC(=O)Cc2ccc(N)cc2)c1OC(F)F.Cl. The average Bonchev–Trinajstić information content (AvgIpc) is 2.57. The van der Waals surface area contributed by atoms with Gasteiger partial charge in [0.05, 0.1) is 13.0 Å². The van der Waals surface area contributed by atoms with E-state index >= 15 is 0 Å². The fraction of sp³-hybridized carbons (Fsp3) is 0.278. The number of hydrogen-bond donors (Lipinski definition) is 2. The summed E-state index contributed by atoms with van der Waals surface area (Å²) in [7, 11) is 0. The maximum atomic E-state index is 12.7. The van der Waals surface area contributed by atoms with Crippen LogP contribution < -0.4 is 20.5 Å². The third kappa shape index (κ3) is 6.40. The number of nitrogens with one attached hydrogen (secondary N) is 1. The van der Waals surface area contributed by atoms with Crippen molar-refractivity contribution in [2.75, 3.05) is 12.3 Å². The normalized spacial score (nSPS) is 10.2. The van der Waals surface area contributed by atoms with Gasteiger partial charge >= 0.3 is 6.61 Å². The number of nitrogens with two attached hydrogens (primary N) is 1. The second kappa shape index (κ2) is 10.5. The van der Waals surface area contributed by atoms with Crippen molar-refractivity contribution < 1.29 is 23.0 Å². The summed E-state index contributed by atoms with van der Waals surface area (Å²) in [5.74, 6) is -0.0881. The van der Waals surface area contributed by atoms with Crippen LogP contribution in [0.3, 0.4) is 0 Å². The molecule has 26 heavy (non-hydrogen) atoms. The van der Waals surface area contributed by atoms with E-state index in [1.54, 1.807) is 49.4 Å². The number of ether oxygens (including phenoxy) is 2. The number of rotatable bonds is 8. The van der Waals surface area contributed by atoms with Crippen molar-refractivity contribution in [2.45, 2.75) is 26.5 Å². The lowest BCUT2D eigenvalue weighted by Gasteiger charge is -2.15. The molecule has 5 nitrogen and oxygen atoms in total. The van der Waals surface area contributed by atoms with E-state index in [1.807, 2.05) is 0 Å². The predicted molar refractivity (Wildman–Crippen MR) is 97.9 cm³/mol. The van der Waals surface area contributed by atoms with Crippen molar-refractivity contribution >= 4 is 24.0 Å². The van der Waals surface area contributed by atoms with Gasteiger partial charge in [-0.1, -0.05) is 24.3 Å². The highest BCUT2D eigenvalue weighted by atomic mass is 35.5. The van der Waals surface area contributed by atoms with Crippen LogP contribution in [0.25, 0.3) is 0 Å². The molecule has 2 aromatic rings. The summed E-state index contributed by atoms with van der Waals surface area (Å²) >= 11 is 0. The fourth-order valence-electron chi connectivity index (χ4n) is 2.27. The molecule has 8 heteroatoms. The Hall–Kier alpha value is -2.54. The van der Waals surface area contributed by atoms with E-state index in [1.165, 1.54) is 0 Å². The minimum absolute atomic E-state index is 0. The molecule has 0 saturated carbocycles. The zero-order valence-corrected chi connectivity index (χ0v) is 15.0. The summed E-state index contributed by atoms with van der Waals surface area (Å²) in [6.07, 6.45) is 0.163. The second-order valence-electron chi connectivity index (χ2n) is 5.25. The second-order valence-corrected chi connectivity index (χ2v) is 5.25. The van der Waals surface area contributed by atoms with Gasteiger partial charge in [-0.25, -0.2) is 0 Å². The van der Waals surface area contributed by atoms with Crippen LogP contribution in [0, 0.1) is 0 Å². The number of nitrogen functional groups attached to an aromatic ring is 1. The van der Waals surface area contributed by atoms with Gasteiger partial charge in [-0.05, 0) is 30.7 Å². The number of halogens is 3.